The van der Waals surface area contributed by atoms with Crippen LogP contribution in [0, 0.1) is 12.7 Å². The number of aromatic nitrogens is 1. The Bertz CT molecular complexity index is 912. The van der Waals surface area contributed by atoms with E-state index < -0.39 is 5.60 Å². The van der Waals surface area contributed by atoms with Gasteiger partial charge in [0.15, 0.2) is 0 Å². The monoisotopic (exact) mass is 448 g/mol. The molecule has 1 amide bonds. The number of nitrogens with zero attached hydrogens (tertiary/aromatic N) is 2. The number of carbonyl (C=O) groups excluding carboxylic acids is 1. The Labute approximate surface area is 188 Å². The van der Waals surface area contributed by atoms with Gasteiger partial charge in [-0.05, 0) is 58.2 Å². The molecular formula is C23H30ClFN4O2. The fraction of sp³-hybridized carbons (Fsp3) is 0.478. The number of piperidine rings is 1. The Hall–Kier alpha value is -2.54. The number of aryl methyl sites for hydroxylation is 1. The number of carbonyl (C=O) groups is 1. The van der Waals surface area contributed by atoms with Crippen molar-refractivity contribution in [3.63, 3.8) is 0 Å². The lowest BCUT2D eigenvalue weighted by Gasteiger charge is -2.35. The highest BCUT2D eigenvalue weighted by Gasteiger charge is 2.28. The molecule has 1 atom stereocenters. The van der Waals surface area contributed by atoms with E-state index in [0.29, 0.717) is 30.5 Å². The van der Waals surface area contributed by atoms with Gasteiger partial charge in [-0.15, -0.1) is 0 Å². The molecule has 2 aromatic rings. The minimum atomic E-state index is -0.528. The molecule has 1 fully saturated rings. The van der Waals surface area contributed by atoms with E-state index >= 15 is 0 Å². The van der Waals surface area contributed by atoms with Crippen molar-refractivity contribution in [1.82, 2.24) is 9.88 Å². The molecular weight excluding hydrogens is 419 g/mol. The standard InChI is InChI=1S/C23H30ClFN4O2/c1-15-7-5-9-18(25)21(15)27-13-16-12-26-20(24)11-19(16)28-17-8-6-10-29(14-17)22(30)31-23(2,3)4/h5,7,9,11-12,17,27H,6,8,10,13-14H2,1-4H3,(H,26,28)/t17-/m0/s1. The summed E-state index contributed by atoms with van der Waals surface area (Å²) < 4.78 is 19.7. The van der Waals surface area contributed by atoms with Crippen LogP contribution in [0.15, 0.2) is 30.5 Å². The molecule has 2 N–H and O–H groups in total. The van der Waals surface area contributed by atoms with E-state index in [4.69, 9.17) is 16.3 Å². The van der Waals surface area contributed by atoms with Crippen LogP contribution in [0.2, 0.25) is 5.15 Å². The first-order chi connectivity index (χ1) is 14.6. The van der Waals surface area contributed by atoms with Crippen LogP contribution in [0.1, 0.15) is 44.7 Å². The van der Waals surface area contributed by atoms with Crippen molar-refractivity contribution in [2.75, 3.05) is 23.7 Å². The third kappa shape index (κ3) is 6.47. The second-order valence-corrected chi connectivity index (χ2v) is 9.25. The van der Waals surface area contributed by atoms with Gasteiger partial charge >= 0.3 is 6.09 Å². The van der Waals surface area contributed by atoms with Crippen molar-refractivity contribution in [2.45, 2.75) is 58.7 Å². The first-order valence-corrected chi connectivity index (χ1v) is 10.9. The Kier molecular flexibility index (Phi) is 7.26. The molecule has 8 heteroatoms. The summed E-state index contributed by atoms with van der Waals surface area (Å²) in [5, 5.41) is 7.03. The maximum atomic E-state index is 14.2. The van der Waals surface area contributed by atoms with Crippen LogP contribution in [-0.2, 0) is 11.3 Å². The predicted molar refractivity (Wildman–Crippen MR) is 122 cm³/mol. The number of anilines is 2. The summed E-state index contributed by atoms with van der Waals surface area (Å²) in [7, 11) is 0. The van der Waals surface area contributed by atoms with E-state index in [9.17, 15) is 9.18 Å². The van der Waals surface area contributed by atoms with E-state index in [1.54, 1.807) is 23.2 Å². The third-order valence-corrected chi connectivity index (χ3v) is 5.27. The number of hydrogen-bond acceptors (Lipinski definition) is 5. The second-order valence-electron chi connectivity index (χ2n) is 8.86. The fourth-order valence-electron chi connectivity index (χ4n) is 3.58. The number of likely N-dealkylation sites (tertiary alicyclic amines) is 1. The van der Waals surface area contributed by atoms with Crippen LogP contribution >= 0.6 is 11.6 Å². The van der Waals surface area contributed by atoms with E-state index in [1.807, 2.05) is 33.8 Å². The molecule has 3 rings (SSSR count). The van der Waals surface area contributed by atoms with Gasteiger partial charge in [-0.25, -0.2) is 14.2 Å². The summed E-state index contributed by atoms with van der Waals surface area (Å²) in [6.45, 7) is 9.04. The number of ether oxygens (including phenoxy) is 1. The normalized spacial score (nSPS) is 16.7. The van der Waals surface area contributed by atoms with Crippen molar-refractivity contribution in [1.29, 1.82) is 0 Å². The summed E-state index contributed by atoms with van der Waals surface area (Å²) in [6.07, 6.45) is 3.17. The van der Waals surface area contributed by atoms with Crippen LogP contribution in [-0.4, -0.2) is 40.7 Å². The Balaban J connectivity index is 1.70. The fourth-order valence-corrected chi connectivity index (χ4v) is 3.74. The molecule has 1 saturated heterocycles. The number of hydrogen-bond donors (Lipinski definition) is 2. The average molecular weight is 449 g/mol. The highest BCUT2D eigenvalue weighted by atomic mass is 35.5. The van der Waals surface area contributed by atoms with E-state index in [-0.39, 0.29) is 18.0 Å². The highest BCUT2D eigenvalue weighted by Crippen LogP contribution is 2.25. The van der Waals surface area contributed by atoms with Gasteiger partial charge in [0.1, 0.15) is 16.6 Å². The van der Waals surface area contributed by atoms with Crippen LogP contribution in [0.3, 0.4) is 0 Å². The molecule has 0 radical (unpaired) electrons. The van der Waals surface area contributed by atoms with Crippen LogP contribution in [0.4, 0.5) is 20.6 Å². The van der Waals surface area contributed by atoms with Crippen LogP contribution in [0.5, 0.6) is 0 Å². The van der Waals surface area contributed by atoms with Gasteiger partial charge in [0, 0.05) is 43.1 Å². The summed E-state index contributed by atoms with van der Waals surface area (Å²) in [6, 6.07) is 6.79. The highest BCUT2D eigenvalue weighted by molar-refractivity contribution is 6.29. The summed E-state index contributed by atoms with van der Waals surface area (Å²) in [5.74, 6) is -0.295. The number of amides is 1. The zero-order valence-corrected chi connectivity index (χ0v) is 19.2. The number of benzene rings is 1. The Morgan fingerprint density at radius 1 is 1.39 bits per heavy atom. The van der Waals surface area contributed by atoms with Crippen LogP contribution < -0.4 is 10.6 Å². The molecule has 0 spiro atoms. The molecule has 168 valence electrons. The van der Waals surface area contributed by atoms with Gasteiger partial charge in [0.2, 0.25) is 0 Å². The molecule has 0 unspecified atom stereocenters. The van der Waals surface area contributed by atoms with Crippen molar-refractivity contribution in [3.8, 4) is 0 Å². The zero-order chi connectivity index (χ0) is 22.6. The van der Waals surface area contributed by atoms with Gasteiger partial charge in [0.05, 0.1) is 5.69 Å². The lowest BCUT2D eigenvalue weighted by molar-refractivity contribution is 0.0206. The maximum Gasteiger partial charge on any atom is 0.410 e. The van der Waals surface area contributed by atoms with Gasteiger partial charge in [-0.1, -0.05) is 23.7 Å². The smallest absolute Gasteiger partial charge is 0.410 e. The Morgan fingerprint density at radius 2 is 2.16 bits per heavy atom. The van der Waals surface area contributed by atoms with Crippen LogP contribution in [0.25, 0.3) is 0 Å². The number of pyridine rings is 1. The third-order valence-electron chi connectivity index (χ3n) is 5.06. The van der Waals surface area contributed by atoms with Gasteiger partial charge in [-0.2, -0.15) is 0 Å². The van der Waals surface area contributed by atoms with E-state index in [1.165, 1.54) is 6.07 Å². The van der Waals surface area contributed by atoms with Crippen molar-refractivity contribution < 1.29 is 13.9 Å². The average Bonchev–Trinajstić information content (AvgIpc) is 2.68. The first kappa shape index (κ1) is 23.1. The number of para-hydroxylation sites is 1. The molecule has 6 nitrogen and oxygen atoms in total. The van der Waals surface area contributed by atoms with Crippen molar-refractivity contribution in [2.24, 2.45) is 0 Å². The van der Waals surface area contributed by atoms with Crippen molar-refractivity contribution >= 4 is 29.1 Å². The second kappa shape index (κ2) is 9.73. The number of nitrogens with one attached hydrogen (secondary N) is 2. The number of halogens is 2. The Morgan fingerprint density at radius 3 is 2.87 bits per heavy atom. The first-order valence-electron chi connectivity index (χ1n) is 10.5. The minimum Gasteiger partial charge on any atom is -0.444 e. The largest absolute Gasteiger partial charge is 0.444 e. The SMILES string of the molecule is Cc1cccc(F)c1NCc1cnc(Cl)cc1N[C@H]1CCCN(C(=O)OC(C)(C)C)C1. The van der Waals surface area contributed by atoms with Crippen molar-refractivity contribution in [3.05, 3.63) is 52.6 Å². The summed E-state index contributed by atoms with van der Waals surface area (Å²) >= 11 is 6.14. The molecule has 0 aliphatic carbocycles. The van der Waals surface area contributed by atoms with Gasteiger partial charge in [0.25, 0.3) is 0 Å². The summed E-state index contributed by atoms with van der Waals surface area (Å²) in [5.41, 5.74) is 2.45. The molecule has 2 heterocycles. The van der Waals surface area contributed by atoms with E-state index in [2.05, 4.69) is 15.6 Å². The summed E-state index contributed by atoms with van der Waals surface area (Å²) in [4.78, 5) is 18.4. The molecule has 1 aromatic heterocycles. The topological polar surface area (TPSA) is 66.5 Å². The molecule has 1 aliphatic heterocycles. The lowest BCUT2D eigenvalue weighted by atomic mass is 10.0. The number of rotatable bonds is 5. The van der Waals surface area contributed by atoms with E-state index in [0.717, 1.165) is 29.7 Å². The minimum absolute atomic E-state index is 0.0497. The van der Waals surface area contributed by atoms with Gasteiger partial charge < -0.3 is 20.3 Å². The van der Waals surface area contributed by atoms with Gasteiger partial charge in [-0.3, -0.25) is 0 Å². The predicted octanol–water partition coefficient (Wildman–Crippen LogP) is 5.61. The maximum absolute atomic E-state index is 14.2. The zero-order valence-electron chi connectivity index (χ0n) is 18.5. The quantitative estimate of drug-likeness (QED) is 0.582. The molecule has 1 aromatic carbocycles. The molecule has 0 saturated carbocycles. The molecule has 1 aliphatic rings. The molecule has 31 heavy (non-hydrogen) atoms. The molecule has 0 bridgehead atoms. The lowest BCUT2D eigenvalue weighted by Crippen LogP contribution is -2.47.